The van der Waals surface area contributed by atoms with Crippen LogP contribution in [-0.2, 0) is 0 Å². The van der Waals surface area contributed by atoms with Gasteiger partial charge in [-0.15, -0.1) is 0 Å². The lowest BCUT2D eigenvalue weighted by molar-refractivity contribution is 0.465. The number of alkyl halides is 1. The van der Waals surface area contributed by atoms with Gasteiger partial charge in [-0.05, 0) is 0 Å². The second kappa shape index (κ2) is 4.74. The van der Waals surface area contributed by atoms with E-state index in [1.807, 2.05) is 0 Å². The van der Waals surface area contributed by atoms with E-state index in [1.165, 1.54) is 0 Å². The highest BCUT2D eigenvalue weighted by Crippen LogP contribution is 1.80. The minimum absolute atomic E-state index is 0.424. The average Bonchev–Trinajstić information content (AvgIpc) is 1.83. The molecule has 0 saturated heterocycles. The van der Waals surface area contributed by atoms with Crippen LogP contribution >= 0.6 is 0 Å². The molecule has 0 aromatic rings. The van der Waals surface area contributed by atoms with Crippen LogP contribution in [0.2, 0.25) is 0 Å². The molecule has 0 bridgehead atoms. The molecule has 0 spiro atoms. The Morgan fingerprint density at radius 1 is 1.62 bits per heavy atom. The topological polar surface area (TPSA) is 52.0 Å². The zero-order valence-corrected chi connectivity index (χ0v) is 4.68. The number of hydrogen-bond donors (Lipinski definition) is 2. The number of rotatable bonds is 3. The smallest absolute Gasteiger partial charge is 0.108 e. The van der Waals surface area contributed by atoms with E-state index in [0.29, 0.717) is 6.54 Å². The summed E-state index contributed by atoms with van der Waals surface area (Å²) in [6.07, 6.45) is 3.20. The van der Waals surface area contributed by atoms with Crippen LogP contribution in [0, 0.1) is 0 Å². The van der Waals surface area contributed by atoms with Gasteiger partial charge in [0.1, 0.15) is 6.67 Å². The molecule has 0 fully saturated rings. The lowest BCUT2D eigenvalue weighted by atomic mass is 10.3. The SMILES string of the molecule is NC/C=C/C(N)CF. The Morgan fingerprint density at radius 2 is 2.25 bits per heavy atom. The Hall–Kier alpha value is -0.410. The second-order valence-electron chi connectivity index (χ2n) is 1.48. The van der Waals surface area contributed by atoms with Crippen LogP contribution in [0.15, 0.2) is 12.2 Å². The molecule has 8 heavy (non-hydrogen) atoms. The minimum atomic E-state index is -0.517. The minimum Gasteiger partial charge on any atom is -0.327 e. The molecule has 0 amide bonds. The molecular weight excluding hydrogens is 107 g/mol. The molecule has 0 aliphatic carbocycles. The van der Waals surface area contributed by atoms with Gasteiger partial charge < -0.3 is 11.5 Å². The molecule has 0 rings (SSSR count). The highest BCUT2D eigenvalue weighted by molar-refractivity contribution is 4.91. The molecule has 0 aliphatic rings. The fraction of sp³-hybridized carbons (Fsp3) is 0.600. The molecule has 0 aliphatic heterocycles. The molecule has 4 N–H and O–H groups in total. The first-order valence-electron chi connectivity index (χ1n) is 2.49. The molecule has 0 aromatic heterocycles. The van der Waals surface area contributed by atoms with Gasteiger partial charge >= 0.3 is 0 Å². The fourth-order valence-electron chi connectivity index (χ4n) is 0.305. The van der Waals surface area contributed by atoms with Gasteiger partial charge in [0.2, 0.25) is 0 Å². The van der Waals surface area contributed by atoms with Gasteiger partial charge in [0, 0.05) is 6.54 Å². The van der Waals surface area contributed by atoms with Gasteiger partial charge in [-0.1, -0.05) is 12.2 Å². The van der Waals surface area contributed by atoms with Gasteiger partial charge in [-0.25, -0.2) is 4.39 Å². The summed E-state index contributed by atoms with van der Waals surface area (Å²) in [6.45, 7) is -0.0931. The first-order chi connectivity index (χ1) is 3.81. The largest absolute Gasteiger partial charge is 0.327 e. The van der Waals surface area contributed by atoms with Crippen molar-refractivity contribution < 1.29 is 4.39 Å². The van der Waals surface area contributed by atoms with Crippen LogP contribution in [0.3, 0.4) is 0 Å². The predicted molar refractivity (Wildman–Crippen MR) is 32.1 cm³/mol. The predicted octanol–water partition coefficient (Wildman–Crippen LogP) is -0.202. The van der Waals surface area contributed by atoms with Crippen LogP contribution in [-0.4, -0.2) is 19.3 Å². The quantitative estimate of drug-likeness (QED) is 0.504. The third-order valence-electron chi connectivity index (χ3n) is 0.698. The standard InChI is InChI=1S/C5H11FN2/c6-4-5(8)2-1-3-7/h1-2,5H,3-4,7-8H2/b2-1+. The Labute approximate surface area is 48.4 Å². The summed E-state index contributed by atoms with van der Waals surface area (Å²) >= 11 is 0. The van der Waals surface area contributed by atoms with Crippen molar-refractivity contribution in [2.75, 3.05) is 13.2 Å². The van der Waals surface area contributed by atoms with Crippen LogP contribution in [0.4, 0.5) is 4.39 Å². The van der Waals surface area contributed by atoms with E-state index >= 15 is 0 Å². The monoisotopic (exact) mass is 118 g/mol. The summed E-state index contributed by atoms with van der Waals surface area (Å²) in [7, 11) is 0. The molecule has 0 aromatic carbocycles. The van der Waals surface area contributed by atoms with Crippen molar-refractivity contribution in [2.24, 2.45) is 11.5 Å². The van der Waals surface area contributed by atoms with Crippen LogP contribution < -0.4 is 11.5 Å². The van der Waals surface area contributed by atoms with Crippen molar-refractivity contribution in [2.45, 2.75) is 6.04 Å². The van der Waals surface area contributed by atoms with Crippen molar-refractivity contribution >= 4 is 0 Å². The molecule has 3 heteroatoms. The van der Waals surface area contributed by atoms with E-state index in [2.05, 4.69) is 0 Å². The van der Waals surface area contributed by atoms with E-state index < -0.39 is 12.7 Å². The highest BCUT2D eigenvalue weighted by atomic mass is 19.1. The summed E-state index contributed by atoms with van der Waals surface area (Å²) in [5.41, 5.74) is 10.2. The zero-order valence-electron chi connectivity index (χ0n) is 4.68. The summed E-state index contributed by atoms with van der Waals surface area (Å²) in [5, 5.41) is 0. The normalized spacial score (nSPS) is 14.9. The Morgan fingerprint density at radius 3 is 2.62 bits per heavy atom. The second-order valence-corrected chi connectivity index (χ2v) is 1.48. The zero-order chi connectivity index (χ0) is 6.41. The van der Waals surface area contributed by atoms with Crippen molar-refractivity contribution in [1.82, 2.24) is 0 Å². The fourth-order valence-corrected chi connectivity index (χ4v) is 0.305. The summed E-state index contributed by atoms with van der Waals surface area (Å²) < 4.78 is 11.5. The van der Waals surface area contributed by atoms with E-state index in [9.17, 15) is 4.39 Å². The van der Waals surface area contributed by atoms with Gasteiger partial charge in [0.15, 0.2) is 0 Å². The maximum Gasteiger partial charge on any atom is 0.108 e. The lowest BCUT2D eigenvalue weighted by Gasteiger charge is -1.94. The number of nitrogens with two attached hydrogens (primary N) is 2. The van der Waals surface area contributed by atoms with Gasteiger partial charge in [0.25, 0.3) is 0 Å². The van der Waals surface area contributed by atoms with E-state index in [4.69, 9.17) is 11.5 Å². The number of hydrogen-bond acceptors (Lipinski definition) is 2. The molecule has 2 nitrogen and oxygen atoms in total. The summed E-state index contributed by atoms with van der Waals surface area (Å²) in [5.74, 6) is 0. The number of halogens is 1. The van der Waals surface area contributed by atoms with Gasteiger partial charge in [-0.2, -0.15) is 0 Å². The van der Waals surface area contributed by atoms with Gasteiger partial charge in [-0.3, -0.25) is 0 Å². The van der Waals surface area contributed by atoms with E-state index in [-0.39, 0.29) is 0 Å². The van der Waals surface area contributed by atoms with E-state index in [1.54, 1.807) is 12.2 Å². The summed E-state index contributed by atoms with van der Waals surface area (Å²) in [4.78, 5) is 0. The van der Waals surface area contributed by atoms with Crippen molar-refractivity contribution in [3.63, 3.8) is 0 Å². The maximum atomic E-state index is 11.5. The lowest BCUT2D eigenvalue weighted by Crippen LogP contribution is -2.19. The third-order valence-corrected chi connectivity index (χ3v) is 0.698. The molecule has 1 atom stereocenters. The van der Waals surface area contributed by atoms with Crippen molar-refractivity contribution in [1.29, 1.82) is 0 Å². The van der Waals surface area contributed by atoms with Crippen LogP contribution in [0.5, 0.6) is 0 Å². The van der Waals surface area contributed by atoms with Crippen LogP contribution in [0.25, 0.3) is 0 Å². The van der Waals surface area contributed by atoms with Crippen molar-refractivity contribution in [3.05, 3.63) is 12.2 Å². The Bertz CT molecular complexity index is 72.8. The highest BCUT2D eigenvalue weighted by Gasteiger charge is 1.90. The maximum absolute atomic E-state index is 11.5. The van der Waals surface area contributed by atoms with Gasteiger partial charge in [0.05, 0.1) is 6.04 Å². The van der Waals surface area contributed by atoms with E-state index in [0.717, 1.165) is 0 Å². The first-order valence-corrected chi connectivity index (χ1v) is 2.49. The average molecular weight is 118 g/mol. The molecule has 0 radical (unpaired) electrons. The molecule has 48 valence electrons. The Kier molecular flexibility index (Phi) is 4.50. The molecule has 0 heterocycles. The van der Waals surface area contributed by atoms with Crippen LogP contribution in [0.1, 0.15) is 0 Å². The summed E-state index contributed by atoms with van der Waals surface area (Å²) in [6, 6.07) is -0.474. The molecule has 0 saturated carbocycles. The van der Waals surface area contributed by atoms with Crippen molar-refractivity contribution in [3.8, 4) is 0 Å². The third kappa shape index (κ3) is 3.77. The molecular formula is C5H11FN2. The first kappa shape index (κ1) is 7.59. The Balaban J connectivity index is 3.21. The molecule has 1 unspecified atom stereocenters.